The molecule has 0 saturated heterocycles. The fraction of sp³-hybridized carbons (Fsp3) is 1.00. The molecule has 0 aliphatic heterocycles. The summed E-state index contributed by atoms with van der Waals surface area (Å²) < 4.78 is 24.2. The van der Waals surface area contributed by atoms with Gasteiger partial charge in [-0.3, -0.25) is 4.18 Å². The molecule has 1 unspecified atom stereocenters. The molecule has 0 spiro atoms. The number of hydrogen-bond donors (Lipinski definition) is 1. The van der Waals surface area contributed by atoms with Crippen molar-refractivity contribution in [2.45, 2.75) is 11.5 Å². The summed E-state index contributed by atoms with van der Waals surface area (Å²) in [6.45, 7) is 1.43. The average Bonchev–Trinajstić information content (AvgIpc) is 1.67. The van der Waals surface area contributed by atoms with Crippen molar-refractivity contribution in [1.29, 1.82) is 0 Å². The largest absolute Gasteiger partial charge is 0.278 e. The van der Waals surface area contributed by atoms with E-state index in [1.54, 1.807) is 0 Å². The zero-order valence-corrected chi connectivity index (χ0v) is 6.37. The predicted octanol–water partition coefficient (Wildman–Crippen LogP) is 0.238. The molecule has 0 fully saturated rings. The molecule has 0 aromatic rings. The molecule has 1 atom stereocenters. The lowest BCUT2D eigenvalue weighted by molar-refractivity contribution is 0.397. The van der Waals surface area contributed by atoms with Crippen LogP contribution in [0.5, 0.6) is 0 Å². The maximum Gasteiger partial charge on any atom is 0.278 e. The highest BCUT2D eigenvalue weighted by atomic mass is 32.3. The van der Waals surface area contributed by atoms with E-state index in [0.29, 0.717) is 0 Å². The fourth-order valence-corrected chi connectivity index (χ4v) is 0.676. The number of rotatable bonds is 2. The van der Waals surface area contributed by atoms with E-state index >= 15 is 0 Å². The quantitative estimate of drug-likeness (QED) is 0.460. The molecule has 3 nitrogen and oxygen atoms in total. The van der Waals surface area contributed by atoms with Crippen LogP contribution in [-0.4, -0.2) is 20.1 Å². The van der Waals surface area contributed by atoms with E-state index in [1.807, 2.05) is 0 Å². The van der Waals surface area contributed by atoms with Crippen molar-refractivity contribution in [3.8, 4) is 0 Å². The van der Waals surface area contributed by atoms with Gasteiger partial charge in [0.2, 0.25) is 0 Å². The minimum Gasteiger partial charge on any atom is -0.273 e. The summed E-state index contributed by atoms with van der Waals surface area (Å²) in [7, 11) is -2.26. The van der Waals surface area contributed by atoms with E-state index in [2.05, 4.69) is 16.8 Å². The molecule has 5 heteroatoms. The molecule has 0 saturated carbocycles. The topological polar surface area (TPSA) is 43.4 Å². The van der Waals surface area contributed by atoms with E-state index in [9.17, 15) is 8.42 Å². The first-order valence-corrected chi connectivity index (χ1v) is 3.97. The van der Waals surface area contributed by atoms with Crippen LogP contribution in [0, 0.1) is 0 Å². The van der Waals surface area contributed by atoms with Crippen molar-refractivity contribution in [3.05, 3.63) is 0 Å². The maximum absolute atomic E-state index is 10.4. The zero-order valence-electron chi connectivity index (χ0n) is 4.66. The molecule has 50 valence electrons. The highest BCUT2D eigenvalue weighted by Gasteiger charge is 2.13. The first kappa shape index (κ1) is 8.26. The summed E-state index contributed by atoms with van der Waals surface area (Å²) in [5.74, 6) is 0. The van der Waals surface area contributed by atoms with E-state index in [4.69, 9.17) is 0 Å². The third-order valence-corrected chi connectivity index (χ3v) is 2.72. The van der Waals surface area contributed by atoms with Gasteiger partial charge in [-0.25, -0.2) is 0 Å². The lowest BCUT2D eigenvalue weighted by Gasteiger charge is -2.00. The van der Waals surface area contributed by atoms with Crippen molar-refractivity contribution in [3.63, 3.8) is 0 Å². The highest BCUT2D eigenvalue weighted by Crippen LogP contribution is 2.04. The Labute approximate surface area is 54.6 Å². The van der Waals surface area contributed by atoms with E-state index < -0.39 is 14.7 Å². The molecule has 0 heterocycles. The third-order valence-electron chi connectivity index (χ3n) is 0.650. The average molecular weight is 156 g/mol. The van der Waals surface area contributed by atoms with Crippen LogP contribution in [0.4, 0.5) is 0 Å². The van der Waals surface area contributed by atoms with Gasteiger partial charge in [-0.1, -0.05) is 0 Å². The lowest BCUT2D eigenvalue weighted by Crippen LogP contribution is -2.12. The Balaban J connectivity index is 4.17. The summed E-state index contributed by atoms with van der Waals surface area (Å²) in [6.07, 6.45) is 0. The normalized spacial score (nSPS) is 15.9. The van der Waals surface area contributed by atoms with Crippen LogP contribution in [0.1, 0.15) is 6.92 Å². The van der Waals surface area contributed by atoms with Gasteiger partial charge in [-0.2, -0.15) is 21.0 Å². The Kier molecular flexibility index (Phi) is 2.79. The number of thiol groups is 1. The second-order valence-electron chi connectivity index (χ2n) is 1.26. The smallest absolute Gasteiger partial charge is 0.273 e. The molecule has 0 amide bonds. The van der Waals surface area contributed by atoms with Crippen LogP contribution in [0.25, 0.3) is 0 Å². The minimum atomic E-state index is -3.37. The molecular formula is C3H8O3S2. The Bertz CT molecular complexity index is 146. The summed E-state index contributed by atoms with van der Waals surface area (Å²) in [5, 5.41) is 0. The van der Waals surface area contributed by atoms with E-state index in [1.165, 1.54) is 6.92 Å². The third kappa shape index (κ3) is 2.02. The second-order valence-corrected chi connectivity index (χ2v) is 4.41. The van der Waals surface area contributed by atoms with Crippen LogP contribution in [0.3, 0.4) is 0 Å². The first-order chi connectivity index (χ1) is 3.50. The van der Waals surface area contributed by atoms with Gasteiger partial charge in [0.25, 0.3) is 10.1 Å². The Morgan fingerprint density at radius 1 is 1.62 bits per heavy atom. The van der Waals surface area contributed by atoms with Crippen LogP contribution in [0.2, 0.25) is 0 Å². The van der Waals surface area contributed by atoms with Gasteiger partial charge >= 0.3 is 0 Å². The van der Waals surface area contributed by atoms with Gasteiger partial charge in [0.1, 0.15) is 4.58 Å². The van der Waals surface area contributed by atoms with Crippen LogP contribution in [-0.2, 0) is 14.3 Å². The van der Waals surface area contributed by atoms with Crippen LogP contribution < -0.4 is 0 Å². The minimum absolute atomic E-state index is 0.743. The van der Waals surface area contributed by atoms with Crippen molar-refractivity contribution >= 4 is 22.7 Å². The van der Waals surface area contributed by atoms with Crippen molar-refractivity contribution < 1.29 is 12.6 Å². The first-order valence-electron chi connectivity index (χ1n) is 1.98. The van der Waals surface area contributed by atoms with Crippen molar-refractivity contribution in [2.24, 2.45) is 0 Å². The fourth-order valence-electron chi connectivity index (χ4n) is 0.139. The van der Waals surface area contributed by atoms with Gasteiger partial charge < -0.3 is 0 Å². The van der Waals surface area contributed by atoms with Gasteiger partial charge in [0.05, 0.1) is 7.11 Å². The summed E-state index contributed by atoms with van der Waals surface area (Å²) in [5.41, 5.74) is 0. The standard InChI is InChI=1S/C3H8O3S2/c1-3(7)8(4,5)6-2/h3,7H,1-2H3. The van der Waals surface area contributed by atoms with E-state index in [-0.39, 0.29) is 0 Å². The van der Waals surface area contributed by atoms with Crippen molar-refractivity contribution in [1.82, 2.24) is 0 Å². The van der Waals surface area contributed by atoms with Gasteiger partial charge in [0.15, 0.2) is 0 Å². The Morgan fingerprint density at radius 3 is 2.00 bits per heavy atom. The summed E-state index contributed by atoms with van der Waals surface area (Å²) in [4.78, 5) is 0. The molecule has 0 aliphatic rings. The van der Waals surface area contributed by atoms with Gasteiger partial charge in [0, 0.05) is 0 Å². The van der Waals surface area contributed by atoms with Crippen molar-refractivity contribution in [2.75, 3.05) is 7.11 Å². The maximum atomic E-state index is 10.4. The molecule has 0 radical (unpaired) electrons. The molecule has 0 aliphatic carbocycles. The Morgan fingerprint density at radius 2 is 2.00 bits per heavy atom. The molecule has 8 heavy (non-hydrogen) atoms. The summed E-state index contributed by atoms with van der Waals surface area (Å²) in [6, 6.07) is 0. The number of hydrogen-bond acceptors (Lipinski definition) is 4. The predicted molar refractivity (Wildman–Crippen MR) is 34.4 cm³/mol. The van der Waals surface area contributed by atoms with Gasteiger partial charge in [-0.15, -0.1) is 0 Å². The van der Waals surface area contributed by atoms with E-state index in [0.717, 1.165) is 7.11 Å². The zero-order chi connectivity index (χ0) is 6.78. The molecule has 0 bridgehead atoms. The second kappa shape index (κ2) is 2.70. The monoisotopic (exact) mass is 156 g/mol. The SMILES string of the molecule is COS(=O)(=O)C(C)S. The Hall–Kier alpha value is 0.260. The lowest BCUT2D eigenvalue weighted by atomic mass is 11.0. The molecule has 0 rings (SSSR count). The molecule has 0 aromatic heterocycles. The highest BCUT2D eigenvalue weighted by molar-refractivity contribution is 8.02. The van der Waals surface area contributed by atoms with Crippen LogP contribution in [0.15, 0.2) is 0 Å². The molecule has 0 N–H and O–H groups in total. The van der Waals surface area contributed by atoms with Gasteiger partial charge in [-0.05, 0) is 6.92 Å². The summed E-state index contributed by atoms with van der Waals surface area (Å²) >= 11 is 3.65. The molecular weight excluding hydrogens is 148 g/mol. The molecule has 0 aromatic carbocycles. The van der Waals surface area contributed by atoms with Crippen LogP contribution >= 0.6 is 12.6 Å².